The zero-order chi connectivity index (χ0) is 27.2. The van der Waals surface area contributed by atoms with Crippen molar-refractivity contribution in [1.29, 1.82) is 0 Å². The summed E-state index contributed by atoms with van der Waals surface area (Å²) in [5, 5.41) is 22.4. The van der Waals surface area contributed by atoms with Crippen molar-refractivity contribution in [2.45, 2.75) is 52.4 Å². The van der Waals surface area contributed by atoms with Crippen LogP contribution in [0.1, 0.15) is 37.6 Å². The molecule has 1 aromatic heterocycles. The van der Waals surface area contributed by atoms with Crippen LogP contribution in [0.4, 0.5) is 0 Å². The number of hydrogen-bond acceptors (Lipinski definition) is 10. The lowest BCUT2D eigenvalue weighted by Gasteiger charge is -2.24. The molecule has 12 nitrogen and oxygen atoms in total. The third kappa shape index (κ3) is 7.95. The van der Waals surface area contributed by atoms with Crippen LogP contribution in [0, 0.1) is 12.3 Å². The number of hydrogen-bond donors (Lipinski definition) is 4. The predicted molar refractivity (Wildman–Crippen MR) is 137 cm³/mol. The zero-order valence-corrected chi connectivity index (χ0v) is 22.5. The summed E-state index contributed by atoms with van der Waals surface area (Å²) in [4.78, 5) is 38.3. The summed E-state index contributed by atoms with van der Waals surface area (Å²) in [5.74, 6) is 0.144. The number of H-pyrrole nitrogens is 1. The fourth-order valence-corrected chi connectivity index (χ4v) is 5.61. The van der Waals surface area contributed by atoms with Gasteiger partial charge in [-0.1, -0.05) is 42.1 Å². The second-order valence-electron chi connectivity index (χ2n) is 9.18. The van der Waals surface area contributed by atoms with E-state index in [2.05, 4.69) is 10.1 Å². The van der Waals surface area contributed by atoms with Crippen LogP contribution >= 0.6 is 19.5 Å². The van der Waals surface area contributed by atoms with E-state index in [-0.39, 0.29) is 42.6 Å². The average molecular weight is 558 g/mol. The van der Waals surface area contributed by atoms with Crippen LogP contribution in [-0.4, -0.2) is 56.2 Å². The van der Waals surface area contributed by atoms with Crippen molar-refractivity contribution in [3.63, 3.8) is 0 Å². The topological polar surface area (TPSA) is 169 Å². The highest BCUT2D eigenvalue weighted by Crippen LogP contribution is 2.48. The van der Waals surface area contributed by atoms with E-state index in [0.717, 1.165) is 21.9 Å². The molecule has 0 spiro atoms. The molecule has 4 N–H and O–H groups in total. The maximum atomic E-state index is 13.6. The van der Waals surface area contributed by atoms with Gasteiger partial charge in [-0.25, -0.2) is 14.4 Å². The molecule has 1 saturated heterocycles. The molecule has 0 amide bonds. The number of aliphatic hydroxyl groups excluding tert-OH is 2. The van der Waals surface area contributed by atoms with Crippen LogP contribution in [0.25, 0.3) is 0 Å². The summed E-state index contributed by atoms with van der Waals surface area (Å²) in [5.41, 5.74) is -1.11. The molecule has 0 radical (unpaired) electrons. The number of aliphatic hydroxyl groups is 2. The Bertz CT molecular complexity index is 1230. The highest BCUT2D eigenvalue weighted by Gasteiger charge is 2.41. The van der Waals surface area contributed by atoms with Crippen molar-refractivity contribution in [1.82, 2.24) is 14.6 Å². The molecule has 14 heteroatoms. The number of aryl methyl sites for hydroxylation is 1. The second-order valence-corrected chi connectivity index (χ2v) is 12.0. The average Bonchev–Trinajstić information content (AvgIpc) is 3.22. The van der Waals surface area contributed by atoms with Crippen LogP contribution in [0.2, 0.25) is 0 Å². The molecule has 1 fully saturated rings. The van der Waals surface area contributed by atoms with E-state index in [1.807, 2.05) is 30.3 Å². The lowest BCUT2D eigenvalue weighted by molar-refractivity contribution is -0.132. The van der Waals surface area contributed by atoms with Crippen molar-refractivity contribution >= 4 is 24.6 Å². The summed E-state index contributed by atoms with van der Waals surface area (Å²) in [6.07, 6.45) is -2.37. The van der Waals surface area contributed by atoms with Gasteiger partial charge in [0.1, 0.15) is 12.3 Å². The first-order chi connectivity index (χ1) is 17.4. The predicted octanol–water partition coefficient (Wildman–Crippen LogP) is 1.66. The SMILES string of the molecule is Cc1cn([C@@H]2C[C@H](O)[C@H](OP(=O)(NCc3ccccc3)OCCSC(=O)C(C)(C)CO)O2)c(=O)[nH]c1=O. The number of carbonyl (C=O) groups is 1. The molecule has 2 heterocycles. The van der Waals surface area contributed by atoms with E-state index in [1.165, 1.54) is 13.1 Å². The fraction of sp³-hybridized carbons (Fsp3) is 0.522. The normalized spacial score (nSPS) is 21.6. The Morgan fingerprint density at radius 2 is 2.03 bits per heavy atom. The van der Waals surface area contributed by atoms with Gasteiger partial charge in [-0.3, -0.25) is 28.2 Å². The molecule has 0 bridgehead atoms. The van der Waals surface area contributed by atoms with Gasteiger partial charge < -0.3 is 14.9 Å². The van der Waals surface area contributed by atoms with E-state index in [4.69, 9.17) is 13.8 Å². The standard InChI is InChI=1S/C23H32N3O9PS/c1-15-13-26(22(31)25-19(15)29)18-11-17(28)20(34-18)35-36(32,24-12-16-7-5-4-6-8-16)33-9-10-37-21(30)23(2,3)14-27/h4-8,13,17-18,20,27-28H,9-12,14H2,1-3H3,(H,24,32)(H,25,29,31)/t17-,18-,20-,36?/m0/s1. The number of rotatable bonds is 12. The Kier molecular flexibility index (Phi) is 10.1. The largest absolute Gasteiger partial charge is 0.408 e. The minimum absolute atomic E-state index is 0.0602. The van der Waals surface area contributed by atoms with Gasteiger partial charge in [-0.05, 0) is 26.3 Å². The quantitative estimate of drug-likeness (QED) is 0.221. The molecule has 37 heavy (non-hydrogen) atoms. The van der Waals surface area contributed by atoms with Crippen LogP contribution in [0.3, 0.4) is 0 Å². The third-order valence-electron chi connectivity index (χ3n) is 5.59. The van der Waals surface area contributed by atoms with E-state index in [9.17, 15) is 29.2 Å². The maximum Gasteiger partial charge on any atom is 0.408 e. The molecule has 0 aliphatic carbocycles. The van der Waals surface area contributed by atoms with Crippen LogP contribution < -0.4 is 16.3 Å². The monoisotopic (exact) mass is 557 g/mol. The Labute approximate surface area is 217 Å². The van der Waals surface area contributed by atoms with Crippen molar-refractivity contribution < 1.29 is 33.4 Å². The first kappa shape index (κ1) is 29.5. The minimum Gasteiger partial charge on any atom is -0.395 e. The summed E-state index contributed by atoms with van der Waals surface area (Å²) < 4.78 is 31.5. The number of thioether (sulfide) groups is 1. The van der Waals surface area contributed by atoms with Gasteiger partial charge >= 0.3 is 13.4 Å². The van der Waals surface area contributed by atoms with E-state index in [0.29, 0.717) is 0 Å². The summed E-state index contributed by atoms with van der Waals surface area (Å²) in [7, 11) is -4.08. The number of aromatic nitrogens is 2. The fourth-order valence-electron chi connectivity index (χ4n) is 3.28. The van der Waals surface area contributed by atoms with Crippen molar-refractivity contribution in [2.75, 3.05) is 19.0 Å². The molecule has 1 aliphatic rings. The summed E-state index contributed by atoms with van der Waals surface area (Å²) >= 11 is 0.932. The second kappa shape index (κ2) is 12.6. The lowest BCUT2D eigenvalue weighted by Crippen LogP contribution is -2.33. The maximum absolute atomic E-state index is 13.6. The number of nitrogens with one attached hydrogen (secondary N) is 2. The Hall–Kier alpha value is -2.09. The van der Waals surface area contributed by atoms with E-state index < -0.39 is 43.0 Å². The summed E-state index contributed by atoms with van der Waals surface area (Å²) in [6, 6.07) is 9.08. The first-order valence-electron chi connectivity index (χ1n) is 11.6. The zero-order valence-electron chi connectivity index (χ0n) is 20.8. The van der Waals surface area contributed by atoms with E-state index in [1.54, 1.807) is 13.8 Å². The third-order valence-corrected chi connectivity index (χ3v) is 8.33. The highest BCUT2D eigenvalue weighted by molar-refractivity contribution is 8.13. The van der Waals surface area contributed by atoms with Gasteiger partial charge in [0.15, 0.2) is 11.4 Å². The molecule has 0 saturated carbocycles. The molecule has 1 unspecified atom stereocenters. The van der Waals surface area contributed by atoms with Crippen LogP contribution in [0.5, 0.6) is 0 Å². The van der Waals surface area contributed by atoms with Crippen LogP contribution in [-0.2, 0) is 29.7 Å². The molecular formula is C23H32N3O9PS. The number of benzene rings is 1. The Balaban J connectivity index is 1.69. The van der Waals surface area contributed by atoms with Gasteiger partial charge in [-0.2, -0.15) is 0 Å². The van der Waals surface area contributed by atoms with Gasteiger partial charge in [0.2, 0.25) is 0 Å². The van der Waals surface area contributed by atoms with Crippen molar-refractivity contribution in [3.8, 4) is 0 Å². The first-order valence-corrected chi connectivity index (χ1v) is 14.1. The van der Waals surface area contributed by atoms with Crippen molar-refractivity contribution in [2.24, 2.45) is 5.41 Å². The molecule has 2 aromatic rings. The van der Waals surface area contributed by atoms with Gasteiger partial charge in [0.05, 0.1) is 18.6 Å². The number of ether oxygens (including phenoxy) is 1. The van der Waals surface area contributed by atoms with E-state index >= 15 is 0 Å². The molecule has 3 rings (SSSR count). The molecular weight excluding hydrogens is 525 g/mol. The van der Waals surface area contributed by atoms with Gasteiger partial charge in [0, 0.05) is 30.5 Å². The summed E-state index contributed by atoms with van der Waals surface area (Å²) in [6.45, 7) is 4.42. The van der Waals surface area contributed by atoms with Gasteiger partial charge in [-0.15, -0.1) is 0 Å². The number of carbonyl (C=O) groups excluding carboxylic acids is 1. The Morgan fingerprint density at radius 1 is 1.32 bits per heavy atom. The van der Waals surface area contributed by atoms with Crippen molar-refractivity contribution in [3.05, 3.63) is 68.5 Å². The molecule has 1 aliphatic heterocycles. The number of nitrogens with zero attached hydrogens (tertiary/aromatic N) is 1. The molecule has 1 aromatic carbocycles. The Morgan fingerprint density at radius 3 is 2.70 bits per heavy atom. The smallest absolute Gasteiger partial charge is 0.395 e. The van der Waals surface area contributed by atoms with Gasteiger partial charge in [0.25, 0.3) is 5.56 Å². The molecule has 4 atom stereocenters. The lowest BCUT2D eigenvalue weighted by atomic mass is 9.97. The van der Waals surface area contributed by atoms with Crippen LogP contribution in [0.15, 0.2) is 46.1 Å². The molecule has 204 valence electrons. The number of aromatic amines is 1. The highest BCUT2D eigenvalue weighted by atomic mass is 32.2. The minimum atomic E-state index is -4.08.